The largest absolute Gasteiger partial charge is 0.494 e. The first-order valence-electron chi connectivity index (χ1n) is 13.2. The van der Waals surface area contributed by atoms with E-state index in [0.29, 0.717) is 11.3 Å². The first kappa shape index (κ1) is 16.8. The van der Waals surface area contributed by atoms with Crippen molar-refractivity contribution >= 4 is 28.1 Å². The summed E-state index contributed by atoms with van der Waals surface area (Å²) < 4.78 is 67.6. The number of fused-ring (bicyclic) bond motifs is 1. The molecule has 0 saturated carbocycles. The first-order chi connectivity index (χ1) is 18.3. The molecule has 2 aromatic carbocycles. The van der Waals surface area contributed by atoms with Crippen molar-refractivity contribution in [3.8, 4) is 11.8 Å². The van der Waals surface area contributed by atoms with Crippen LogP contribution in [-0.4, -0.2) is 42.8 Å². The molecule has 3 aromatic rings. The number of ketones is 1. The molecule has 0 fully saturated rings. The molecule has 33 heavy (non-hydrogen) atoms. The number of anilines is 2. The van der Waals surface area contributed by atoms with Gasteiger partial charge in [-0.15, -0.1) is 0 Å². The van der Waals surface area contributed by atoms with Crippen LogP contribution in [0.5, 0.6) is 5.75 Å². The summed E-state index contributed by atoms with van der Waals surface area (Å²) in [4.78, 5) is 18.0. The van der Waals surface area contributed by atoms with Gasteiger partial charge >= 0.3 is 0 Å². The lowest BCUT2D eigenvalue weighted by molar-refractivity contribution is -0.114. The second-order valence-electron chi connectivity index (χ2n) is 7.31. The lowest BCUT2D eigenvalue weighted by Gasteiger charge is -2.15. The van der Waals surface area contributed by atoms with E-state index < -0.39 is 24.7 Å². The second-order valence-corrected chi connectivity index (χ2v) is 7.31. The van der Waals surface area contributed by atoms with E-state index in [0.717, 1.165) is 4.90 Å². The average molecular weight is 453 g/mol. The Hall–Kier alpha value is -3.76. The number of aromatic nitrogens is 1. The summed E-state index contributed by atoms with van der Waals surface area (Å²) in [5.74, 6) is -0.940. The van der Waals surface area contributed by atoms with Crippen LogP contribution in [0.25, 0.3) is 10.9 Å². The minimum atomic E-state index is -2.32. The highest BCUT2D eigenvalue weighted by Crippen LogP contribution is 2.34. The molecule has 6 nitrogen and oxygen atoms in total. The number of benzene rings is 2. The maximum absolute atomic E-state index is 13.8. The number of rotatable bonds is 9. The van der Waals surface area contributed by atoms with Crippen LogP contribution in [0.1, 0.15) is 31.8 Å². The van der Waals surface area contributed by atoms with E-state index in [-0.39, 0.29) is 65.1 Å². The molecular formula is C26H27FN4O2. The standard InChI is InChI=1S/C26H27FN4O2/c1-5-33-25-14-24-22(13-18(25)12-21(32)7-6-10-31(3)4)26(19(15-28)16-29-24)30-20-8-9-23(27)17(2)11-20/h6-9,11,13-14,16H,5,10,12H2,1-4H3,(H,29,30)/b7-6+/i3D3,13D,14D,16D. The molecule has 1 N–H and O–H groups in total. The third-order valence-electron chi connectivity index (χ3n) is 4.66. The van der Waals surface area contributed by atoms with E-state index in [9.17, 15) is 14.4 Å². The van der Waals surface area contributed by atoms with E-state index in [1.165, 1.54) is 37.4 Å². The summed E-state index contributed by atoms with van der Waals surface area (Å²) in [6, 6.07) is 5.59. The Morgan fingerprint density at radius 1 is 1.45 bits per heavy atom. The fraction of sp³-hybridized carbons (Fsp3) is 0.269. The number of halogens is 1. The fourth-order valence-electron chi connectivity index (χ4n) is 3.11. The van der Waals surface area contributed by atoms with Gasteiger partial charge in [0.15, 0.2) is 5.78 Å². The zero-order chi connectivity index (χ0) is 29.1. The van der Waals surface area contributed by atoms with Crippen LogP contribution in [0.4, 0.5) is 15.8 Å². The molecule has 7 heteroatoms. The molecule has 0 saturated heterocycles. The molecule has 0 radical (unpaired) electrons. The minimum Gasteiger partial charge on any atom is -0.494 e. The van der Waals surface area contributed by atoms with Gasteiger partial charge in [-0.3, -0.25) is 9.78 Å². The van der Waals surface area contributed by atoms with E-state index in [1.54, 1.807) is 13.8 Å². The number of nitrogens with zero attached hydrogens (tertiary/aromatic N) is 3. The van der Waals surface area contributed by atoms with E-state index in [4.69, 9.17) is 13.0 Å². The van der Waals surface area contributed by atoms with Crippen molar-refractivity contribution in [3.63, 3.8) is 0 Å². The smallest absolute Gasteiger partial charge is 0.159 e. The van der Waals surface area contributed by atoms with E-state index in [2.05, 4.69) is 10.3 Å². The van der Waals surface area contributed by atoms with Crippen LogP contribution in [0, 0.1) is 24.1 Å². The molecule has 0 bridgehead atoms. The molecule has 0 aliphatic heterocycles. The number of carbonyl (C=O) groups is 1. The van der Waals surface area contributed by atoms with Gasteiger partial charge in [0, 0.05) is 45.9 Å². The van der Waals surface area contributed by atoms with Gasteiger partial charge in [-0.05, 0) is 63.8 Å². The molecule has 0 amide bonds. The number of pyridine rings is 1. The molecule has 3 rings (SSSR count). The van der Waals surface area contributed by atoms with Crippen molar-refractivity contribution in [3.05, 3.63) is 71.1 Å². The van der Waals surface area contributed by atoms with Gasteiger partial charge < -0.3 is 15.0 Å². The zero-order valence-electron chi connectivity index (χ0n) is 24.5. The quantitative estimate of drug-likeness (QED) is 0.464. The Morgan fingerprint density at radius 2 is 2.27 bits per heavy atom. The highest BCUT2D eigenvalue weighted by atomic mass is 19.1. The number of allylic oxidation sites excluding steroid dienone is 1. The third-order valence-corrected chi connectivity index (χ3v) is 4.66. The third kappa shape index (κ3) is 5.93. The van der Waals surface area contributed by atoms with Gasteiger partial charge in [0.25, 0.3) is 0 Å². The van der Waals surface area contributed by atoms with Gasteiger partial charge in [-0.2, -0.15) is 5.26 Å². The van der Waals surface area contributed by atoms with Crippen LogP contribution in [-0.2, 0) is 11.2 Å². The Labute approximate surface area is 201 Å². The number of nitriles is 1. The lowest BCUT2D eigenvalue weighted by Crippen LogP contribution is -2.11. The summed E-state index contributed by atoms with van der Waals surface area (Å²) in [6.45, 7) is 1.03. The normalized spacial score (nSPS) is 14.2. The maximum Gasteiger partial charge on any atom is 0.159 e. The van der Waals surface area contributed by atoms with Crippen molar-refractivity contribution < 1.29 is 22.1 Å². The SMILES string of the molecule is [2H]c1nc2c([2H])c(OCC)c(CC(=O)/C=C/CN(C)C([2H])([2H])[2H])c([2H])c2c(Nc2ccc(F)c(C)c2)c1C#N. The van der Waals surface area contributed by atoms with Crippen molar-refractivity contribution in [2.45, 2.75) is 20.3 Å². The summed E-state index contributed by atoms with van der Waals surface area (Å²) >= 11 is 0. The number of nitrogens with one attached hydrogen (secondary N) is 1. The molecule has 0 aliphatic rings. The van der Waals surface area contributed by atoms with Crippen molar-refractivity contribution in [1.29, 1.82) is 5.26 Å². The minimum absolute atomic E-state index is 0.0113. The highest BCUT2D eigenvalue weighted by molar-refractivity contribution is 5.98. The number of hydrogen-bond acceptors (Lipinski definition) is 6. The van der Waals surface area contributed by atoms with Crippen molar-refractivity contribution in [1.82, 2.24) is 9.88 Å². The number of aryl methyl sites for hydroxylation is 1. The van der Waals surface area contributed by atoms with Gasteiger partial charge in [-0.1, -0.05) is 6.08 Å². The Bertz CT molecular complexity index is 1500. The van der Waals surface area contributed by atoms with E-state index in [1.807, 2.05) is 6.07 Å². The Morgan fingerprint density at radius 3 is 2.97 bits per heavy atom. The number of hydrogen-bond donors (Lipinski definition) is 1. The number of likely N-dealkylation sites (N-methyl/N-ethyl adjacent to an activating group) is 1. The molecule has 170 valence electrons. The van der Waals surface area contributed by atoms with Gasteiger partial charge in [0.1, 0.15) is 17.6 Å². The number of carbonyl (C=O) groups excluding carboxylic acids is 1. The highest BCUT2D eigenvalue weighted by Gasteiger charge is 2.16. The van der Waals surface area contributed by atoms with E-state index >= 15 is 0 Å². The summed E-state index contributed by atoms with van der Waals surface area (Å²) in [5, 5.41) is 12.8. The van der Waals surface area contributed by atoms with Gasteiger partial charge in [0.2, 0.25) is 0 Å². The van der Waals surface area contributed by atoms with Crippen LogP contribution in [0.15, 0.2) is 48.6 Å². The molecule has 1 aromatic heterocycles. The van der Waals surface area contributed by atoms with Crippen LogP contribution in [0.3, 0.4) is 0 Å². The maximum atomic E-state index is 13.8. The molecule has 0 aliphatic carbocycles. The predicted octanol–water partition coefficient (Wildman–Crippen LogP) is 4.93. The monoisotopic (exact) mass is 452 g/mol. The topological polar surface area (TPSA) is 78.2 Å². The Balaban J connectivity index is 2.18. The Kier molecular flexibility index (Phi) is 5.46. The summed E-state index contributed by atoms with van der Waals surface area (Å²) in [6.07, 6.45) is 1.83. The molecule has 0 atom stereocenters. The summed E-state index contributed by atoms with van der Waals surface area (Å²) in [5.41, 5.74) is 0.567. The van der Waals surface area contributed by atoms with Crippen LogP contribution in [0.2, 0.25) is 0 Å². The van der Waals surface area contributed by atoms with Crippen LogP contribution >= 0.6 is 0 Å². The van der Waals surface area contributed by atoms with Crippen molar-refractivity contribution in [2.24, 2.45) is 0 Å². The lowest BCUT2D eigenvalue weighted by atomic mass is 10.0. The second kappa shape index (κ2) is 10.7. The predicted molar refractivity (Wildman–Crippen MR) is 128 cm³/mol. The molecule has 0 unspecified atom stereocenters. The molecule has 1 heterocycles. The average Bonchev–Trinajstić information content (AvgIpc) is 2.86. The van der Waals surface area contributed by atoms with Crippen molar-refractivity contribution in [2.75, 3.05) is 32.5 Å². The van der Waals surface area contributed by atoms with Gasteiger partial charge in [-0.25, -0.2) is 4.39 Å². The molecular weight excluding hydrogens is 419 g/mol. The molecule has 0 spiro atoms. The van der Waals surface area contributed by atoms with Gasteiger partial charge in [0.05, 0.1) is 27.5 Å². The summed E-state index contributed by atoms with van der Waals surface area (Å²) in [7, 11) is 1.39. The fourth-order valence-corrected chi connectivity index (χ4v) is 3.11. The first-order valence-corrected chi connectivity index (χ1v) is 10.2. The van der Waals surface area contributed by atoms with Crippen LogP contribution < -0.4 is 10.1 Å². The zero-order valence-corrected chi connectivity index (χ0v) is 18.5. The number of ether oxygens (including phenoxy) is 1.